The van der Waals surface area contributed by atoms with Crippen molar-refractivity contribution in [2.75, 3.05) is 38.3 Å². The summed E-state index contributed by atoms with van der Waals surface area (Å²) in [6.45, 7) is 7.70. The summed E-state index contributed by atoms with van der Waals surface area (Å²) in [4.78, 5) is 30.1. The third-order valence-corrected chi connectivity index (χ3v) is 6.33. The smallest absolute Gasteiger partial charge is 0.245 e. The summed E-state index contributed by atoms with van der Waals surface area (Å²) in [6.07, 6.45) is 5.30. The van der Waals surface area contributed by atoms with E-state index in [-0.39, 0.29) is 23.7 Å². The minimum Gasteiger partial charge on any atom is -0.378 e. The third-order valence-electron chi connectivity index (χ3n) is 6.33. The maximum atomic E-state index is 13.3. The minimum atomic E-state index is -0.486. The summed E-state index contributed by atoms with van der Waals surface area (Å²) in [5.41, 5.74) is 2.28. The van der Waals surface area contributed by atoms with Crippen LogP contribution < -0.4 is 10.2 Å². The first-order valence-corrected chi connectivity index (χ1v) is 11.4. The number of para-hydroxylation sites is 1. The van der Waals surface area contributed by atoms with Gasteiger partial charge in [-0.2, -0.15) is 0 Å². The summed E-state index contributed by atoms with van der Waals surface area (Å²) in [5, 5.41) is 3.07. The predicted molar refractivity (Wildman–Crippen MR) is 119 cm³/mol. The first-order chi connectivity index (χ1) is 14.5. The van der Waals surface area contributed by atoms with Gasteiger partial charge in [0, 0.05) is 38.3 Å². The van der Waals surface area contributed by atoms with Gasteiger partial charge in [-0.15, -0.1) is 0 Å². The summed E-state index contributed by atoms with van der Waals surface area (Å²) < 4.78 is 5.48. The van der Waals surface area contributed by atoms with E-state index in [0.717, 1.165) is 63.2 Å². The van der Waals surface area contributed by atoms with Gasteiger partial charge in [0.05, 0.1) is 13.2 Å². The Morgan fingerprint density at radius 1 is 1.13 bits per heavy atom. The van der Waals surface area contributed by atoms with Gasteiger partial charge >= 0.3 is 0 Å². The third kappa shape index (κ3) is 5.75. The average Bonchev–Trinajstić information content (AvgIpc) is 2.78. The van der Waals surface area contributed by atoms with Crippen LogP contribution in [0.5, 0.6) is 0 Å². The Morgan fingerprint density at radius 2 is 1.80 bits per heavy atom. The lowest BCUT2D eigenvalue weighted by molar-refractivity contribution is -0.138. The quantitative estimate of drug-likeness (QED) is 0.743. The van der Waals surface area contributed by atoms with E-state index < -0.39 is 6.04 Å². The summed E-state index contributed by atoms with van der Waals surface area (Å²) in [6, 6.07) is 7.77. The van der Waals surface area contributed by atoms with Crippen molar-refractivity contribution in [2.45, 2.75) is 58.5 Å². The van der Waals surface area contributed by atoms with Gasteiger partial charge in [0.2, 0.25) is 11.8 Å². The molecule has 1 atom stereocenters. The molecular formula is C24H37N3O3. The van der Waals surface area contributed by atoms with Crippen LogP contribution in [0.3, 0.4) is 0 Å². The molecule has 2 aliphatic rings. The number of ether oxygens (including phenoxy) is 1. The van der Waals surface area contributed by atoms with Crippen molar-refractivity contribution in [3.05, 3.63) is 29.8 Å². The second-order valence-corrected chi connectivity index (χ2v) is 8.99. The van der Waals surface area contributed by atoms with E-state index in [1.165, 1.54) is 6.42 Å². The zero-order valence-corrected chi connectivity index (χ0v) is 18.7. The van der Waals surface area contributed by atoms with E-state index in [1.807, 2.05) is 33.0 Å². The number of morpholine rings is 1. The molecule has 0 bridgehead atoms. The Labute approximate surface area is 180 Å². The molecular weight excluding hydrogens is 378 g/mol. The van der Waals surface area contributed by atoms with E-state index in [4.69, 9.17) is 4.74 Å². The Balaban J connectivity index is 1.66. The molecule has 1 aliphatic heterocycles. The summed E-state index contributed by atoms with van der Waals surface area (Å²) in [5.74, 6) is 0.122. The van der Waals surface area contributed by atoms with Gasteiger partial charge in [-0.3, -0.25) is 9.59 Å². The molecule has 30 heavy (non-hydrogen) atoms. The second-order valence-electron chi connectivity index (χ2n) is 8.99. The molecule has 0 aromatic heterocycles. The molecule has 3 rings (SSSR count). The molecule has 0 spiro atoms. The van der Waals surface area contributed by atoms with E-state index in [9.17, 15) is 9.59 Å². The van der Waals surface area contributed by atoms with Crippen molar-refractivity contribution in [3.8, 4) is 0 Å². The number of amides is 2. The molecule has 6 nitrogen and oxygen atoms in total. The first kappa shape index (κ1) is 22.6. The van der Waals surface area contributed by atoms with Crippen LogP contribution in [0.25, 0.3) is 0 Å². The van der Waals surface area contributed by atoms with Crippen molar-refractivity contribution in [1.82, 2.24) is 10.2 Å². The Morgan fingerprint density at radius 3 is 2.47 bits per heavy atom. The number of anilines is 1. The number of nitrogens with zero attached hydrogens (tertiary/aromatic N) is 2. The summed E-state index contributed by atoms with van der Waals surface area (Å²) >= 11 is 0. The van der Waals surface area contributed by atoms with Gasteiger partial charge in [-0.25, -0.2) is 0 Å². The monoisotopic (exact) mass is 415 g/mol. The number of hydrogen-bond acceptors (Lipinski definition) is 4. The van der Waals surface area contributed by atoms with Crippen molar-refractivity contribution in [2.24, 2.45) is 11.8 Å². The Hall–Kier alpha value is -2.08. The highest BCUT2D eigenvalue weighted by atomic mass is 16.5. The molecule has 1 aliphatic carbocycles. The van der Waals surface area contributed by atoms with Gasteiger partial charge in [-0.05, 0) is 30.4 Å². The highest BCUT2D eigenvalue weighted by Crippen LogP contribution is 2.25. The van der Waals surface area contributed by atoms with Crippen LogP contribution in [0.15, 0.2) is 24.3 Å². The van der Waals surface area contributed by atoms with Crippen LogP contribution in [0.1, 0.15) is 51.5 Å². The van der Waals surface area contributed by atoms with Crippen molar-refractivity contribution in [1.29, 1.82) is 0 Å². The first-order valence-electron chi connectivity index (χ1n) is 11.4. The lowest BCUT2D eigenvalue weighted by atomic mass is 9.88. The number of benzene rings is 1. The van der Waals surface area contributed by atoms with E-state index in [2.05, 4.69) is 22.3 Å². The molecule has 0 radical (unpaired) electrons. The predicted octanol–water partition coefficient (Wildman–Crippen LogP) is 3.20. The van der Waals surface area contributed by atoms with Gasteiger partial charge in [0.25, 0.3) is 0 Å². The Kier molecular flexibility index (Phi) is 8.14. The van der Waals surface area contributed by atoms with Crippen LogP contribution in [0.2, 0.25) is 0 Å². The SMILES string of the molecule is CC(C)C(NC(=O)C1CCCCC1)C(=O)N(C)Cc1ccccc1N1CCOCC1. The molecule has 1 saturated heterocycles. The fraction of sp³-hybridized carbons (Fsp3) is 0.667. The van der Waals surface area contributed by atoms with Crippen LogP contribution >= 0.6 is 0 Å². The lowest BCUT2D eigenvalue weighted by Crippen LogP contribution is -2.51. The number of carbonyl (C=O) groups is 2. The largest absolute Gasteiger partial charge is 0.378 e. The number of carbonyl (C=O) groups excluding carboxylic acids is 2. The molecule has 1 unspecified atom stereocenters. The van der Waals surface area contributed by atoms with E-state index in [1.54, 1.807) is 4.90 Å². The molecule has 2 amide bonds. The van der Waals surface area contributed by atoms with Gasteiger partial charge in [-0.1, -0.05) is 51.3 Å². The van der Waals surface area contributed by atoms with Gasteiger partial charge < -0.3 is 19.9 Å². The topological polar surface area (TPSA) is 61.9 Å². The van der Waals surface area contributed by atoms with Crippen LogP contribution in [-0.4, -0.2) is 56.1 Å². The van der Waals surface area contributed by atoms with Crippen LogP contribution in [-0.2, 0) is 20.9 Å². The highest BCUT2D eigenvalue weighted by Gasteiger charge is 2.30. The number of hydrogen-bond donors (Lipinski definition) is 1. The maximum Gasteiger partial charge on any atom is 0.245 e. The maximum absolute atomic E-state index is 13.3. The zero-order valence-electron chi connectivity index (χ0n) is 18.7. The molecule has 1 aromatic rings. The standard InChI is InChI=1S/C24H37N3O3/c1-18(2)22(25-23(28)19-9-5-4-6-10-19)24(29)26(3)17-20-11-7-8-12-21(20)27-13-15-30-16-14-27/h7-8,11-12,18-19,22H,4-6,9-10,13-17H2,1-3H3,(H,25,28). The Bertz CT molecular complexity index is 709. The van der Waals surface area contributed by atoms with Crippen molar-refractivity contribution < 1.29 is 14.3 Å². The van der Waals surface area contributed by atoms with Gasteiger partial charge in [0.1, 0.15) is 6.04 Å². The molecule has 1 aromatic carbocycles. The summed E-state index contributed by atoms with van der Waals surface area (Å²) in [7, 11) is 1.83. The van der Waals surface area contributed by atoms with Crippen LogP contribution in [0, 0.1) is 11.8 Å². The van der Waals surface area contributed by atoms with E-state index >= 15 is 0 Å². The number of nitrogens with one attached hydrogen (secondary N) is 1. The highest BCUT2D eigenvalue weighted by molar-refractivity contribution is 5.88. The van der Waals surface area contributed by atoms with Crippen molar-refractivity contribution in [3.63, 3.8) is 0 Å². The molecule has 1 saturated carbocycles. The number of rotatable bonds is 7. The molecule has 166 valence electrons. The fourth-order valence-electron chi connectivity index (χ4n) is 4.48. The average molecular weight is 416 g/mol. The molecule has 1 N–H and O–H groups in total. The molecule has 6 heteroatoms. The van der Waals surface area contributed by atoms with E-state index in [0.29, 0.717) is 6.54 Å². The normalized spacial score (nSPS) is 18.9. The fourth-order valence-corrected chi connectivity index (χ4v) is 4.48. The van der Waals surface area contributed by atoms with Gasteiger partial charge in [0.15, 0.2) is 0 Å². The lowest BCUT2D eigenvalue weighted by Gasteiger charge is -2.33. The molecule has 2 fully saturated rings. The minimum absolute atomic E-state index is 0.0223. The zero-order chi connectivity index (χ0) is 21.5. The molecule has 1 heterocycles. The number of likely N-dealkylation sites (N-methyl/N-ethyl adjacent to an activating group) is 1. The van der Waals surface area contributed by atoms with Crippen LogP contribution in [0.4, 0.5) is 5.69 Å². The second kappa shape index (κ2) is 10.8. The van der Waals surface area contributed by atoms with Crippen molar-refractivity contribution >= 4 is 17.5 Å².